The van der Waals surface area contributed by atoms with Crippen molar-refractivity contribution in [2.24, 2.45) is 0 Å². The molecule has 110 valence electrons. The number of carboxylic acids is 1. The molecule has 0 bridgehead atoms. The van der Waals surface area contributed by atoms with Crippen molar-refractivity contribution < 1.29 is 9.90 Å². The molecule has 0 radical (unpaired) electrons. The van der Waals surface area contributed by atoms with Gasteiger partial charge in [-0.15, -0.1) is 0 Å². The number of nitrogens with zero attached hydrogens (tertiary/aromatic N) is 2. The first-order chi connectivity index (χ1) is 10.1. The van der Waals surface area contributed by atoms with Crippen molar-refractivity contribution in [1.29, 1.82) is 0 Å². The maximum absolute atomic E-state index is 10.8. The summed E-state index contributed by atoms with van der Waals surface area (Å²) in [6.07, 6.45) is 6.68. The number of aryl methyl sites for hydroxylation is 2. The number of hydrogen-bond donors (Lipinski definition) is 1. The lowest BCUT2D eigenvalue weighted by molar-refractivity contribution is -0.133. The molecule has 0 spiro atoms. The van der Waals surface area contributed by atoms with E-state index in [2.05, 4.69) is 23.2 Å². The first-order valence-corrected chi connectivity index (χ1v) is 8.15. The summed E-state index contributed by atoms with van der Waals surface area (Å²) in [5, 5.41) is 9.64. The average Bonchev–Trinajstić information content (AvgIpc) is 2.85. The number of hydrogen-bond acceptors (Lipinski definition) is 3. The van der Waals surface area contributed by atoms with Crippen molar-refractivity contribution >= 4 is 17.7 Å². The number of fused-ring (bicyclic) bond motifs is 1. The molecule has 4 nitrogen and oxygen atoms in total. The lowest BCUT2D eigenvalue weighted by Crippen LogP contribution is -2.09. The Morgan fingerprint density at radius 3 is 3.00 bits per heavy atom. The summed E-state index contributed by atoms with van der Waals surface area (Å²) in [7, 11) is 0. The topological polar surface area (TPSA) is 55.1 Å². The first-order valence-electron chi connectivity index (χ1n) is 7.17. The van der Waals surface area contributed by atoms with E-state index in [1.165, 1.54) is 35.7 Å². The third-order valence-corrected chi connectivity index (χ3v) is 4.69. The minimum Gasteiger partial charge on any atom is -0.481 e. The van der Waals surface area contributed by atoms with Crippen molar-refractivity contribution in [3.63, 3.8) is 0 Å². The van der Waals surface area contributed by atoms with Gasteiger partial charge in [0, 0.05) is 6.20 Å². The number of aromatic nitrogens is 2. The average molecular weight is 302 g/mol. The molecule has 0 saturated carbocycles. The van der Waals surface area contributed by atoms with Gasteiger partial charge in [-0.1, -0.05) is 23.9 Å². The second-order valence-electron chi connectivity index (χ2n) is 5.34. The van der Waals surface area contributed by atoms with Crippen LogP contribution in [0.4, 0.5) is 0 Å². The summed E-state index contributed by atoms with van der Waals surface area (Å²) in [4.78, 5) is 15.3. The van der Waals surface area contributed by atoms with Gasteiger partial charge >= 0.3 is 5.97 Å². The third-order valence-electron chi connectivity index (χ3n) is 3.75. The Morgan fingerprint density at radius 2 is 2.19 bits per heavy atom. The SMILES string of the molecule is Cc1cn(-c2cccc3c2CCCC3)c(SCC(=O)O)n1. The molecule has 3 rings (SSSR count). The van der Waals surface area contributed by atoms with Crippen molar-refractivity contribution in [2.75, 3.05) is 5.75 Å². The van der Waals surface area contributed by atoms with Gasteiger partial charge in [-0.05, 0) is 49.8 Å². The predicted octanol–water partition coefficient (Wildman–Crippen LogP) is 3.24. The fraction of sp³-hybridized carbons (Fsp3) is 0.375. The van der Waals surface area contributed by atoms with Gasteiger partial charge in [-0.25, -0.2) is 4.98 Å². The molecule has 1 aromatic heterocycles. The van der Waals surface area contributed by atoms with Gasteiger partial charge in [-0.3, -0.25) is 9.36 Å². The summed E-state index contributed by atoms with van der Waals surface area (Å²) in [5.41, 5.74) is 4.87. The summed E-state index contributed by atoms with van der Waals surface area (Å²) in [6, 6.07) is 6.39. The van der Waals surface area contributed by atoms with Gasteiger partial charge in [0.1, 0.15) is 0 Å². The van der Waals surface area contributed by atoms with Crippen LogP contribution in [0.2, 0.25) is 0 Å². The van der Waals surface area contributed by atoms with Crippen LogP contribution in [0, 0.1) is 6.92 Å². The summed E-state index contributed by atoms with van der Waals surface area (Å²) in [6.45, 7) is 1.94. The molecule has 5 heteroatoms. The van der Waals surface area contributed by atoms with Crippen LogP contribution in [0.15, 0.2) is 29.6 Å². The molecule has 1 aromatic carbocycles. The highest BCUT2D eigenvalue weighted by molar-refractivity contribution is 7.99. The van der Waals surface area contributed by atoms with Crippen LogP contribution in [0.25, 0.3) is 5.69 Å². The molecule has 1 N–H and O–H groups in total. The van der Waals surface area contributed by atoms with Crippen molar-refractivity contribution in [1.82, 2.24) is 9.55 Å². The van der Waals surface area contributed by atoms with Gasteiger partial charge in [0.15, 0.2) is 5.16 Å². The summed E-state index contributed by atoms with van der Waals surface area (Å²) in [5.74, 6) is -0.784. The Bertz CT molecular complexity index is 679. The Morgan fingerprint density at radius 1 is 1.38 bits per heavy atom. The van der Waals surface area contributed by atoms with Crippen LogP contribution in [-0.2, 0) is 17.6 Å². The van der Waals surface area contributed by atoms with E-state index in [1.54, 1.807) is 0 Å². The number of benzene rings is 1. The van der Waals surface area contributed by atoms with Gasteiger partial charge in [0.2, 0.25) is 0 Å². The van der Waals surface area contributed by atoms with Gasteiger partial charge in [0.05, 0.1) is 17.1 Å². The highest BCUT2D eigenvalue weighted by Crippen LogP contribution is 2.30. The largest absolute Gasteiger partial charge is 0.481 e. The molecule has 1 aliphatic carbocycles. The third kappa shape index (κ3) is 2.97. The number of imidazole rings is 1. The Kier molecular flexibility index (Phi) is 4.01. The van der Waals surface area contributed by atoms with E-state index in [9.17, 15) is 4.79 Å². The van der Waals surface area contributed by atoms with Crippen LogP contribution in [0.1, 0.15) is 29.7 Å². The quantitative estimate of drug-likeness (QED) is 0.881. The minimum absolute atomic E-state index is 0.0332. The Labute approximate surface area is 128 Å². The number of aliphatic carboxylic acids is 1. The molecule has 1 aliphatic rings. The molecule has 0 unspecified atom stereocenters. The van der Waals surface area contributed by atoms with Gasteiger partial charge in [0.25, 0.3) is 0 Å². The number of thioether (sulfide) groups is 1. The molecule has 0 aliphatic heterocycles. The molecule has 21 heavy (non-hydrogen) atoms. The van der Waals surface area contributed by atoms with Crippen LogP contribution >= 0.6 is 11.8 Å². The monoisotopic (exact) mass is 302 g/mol. The van der Waals surface area contributed by atoms with E-state index >= 15 is 0 Å². The zero-order chi connectivity index (χ0) is 14.8. The van der Waals surface area contributed by atoms with Gasteiger partial charge < -0.3 is 5.11 Å². The minimum atomic E-state index is -0.817. The highest BCUT2D eigenvalue weighted by atomic mass is 32.2. The molecular weight excluding hydrogens is 284 g/mol. The van der Waals surface area contributed by atoms with Crippen LogP contribution in [0.5, 0.6) is 0 Å². The van der Waals surface area contributed by atoms with Crippen molar-refractivity contribution in [3.8, 4) is 5.69 Å². The van der Waals surface area contributed by atoms with E-state index in [0.29, 0.717) is 0 Å². The fourth-order valence-electron chi connectivity index (χ4n) is 2.86. The molecular formula is C16H18N2O2S. The molecule has 0 atom stereocenters. The fourth-order valence-corrected chi connectivity index (χ4v) is 3.61. The van der Waals surface area contributed by atoms with E-state index in [0.717, 1.165) is 29.4 Å². The lowest BCUT2D eigenvalue weighted by atomic mass is 9.90. The van der Waals surface area contributed by atoms with Crippen LogP contribution < -0.4 is 0 Å². The summed E-state index contributed by atoms with van der Waals surface area (Å²) >= 11 is 1.27. The van der Waals surface area contributed by atoms with E-state index in [4.69, 9.17) is 5.11 Å². The molecule has 2 aromatic rings. The highest BCUT2D eigenvalue weighted by Gasteiger charge is 2.17. The zero-order valence-electron chi connectivity index (χ0n) is 12.0. The maximum Gasteiger partial charge on any atom is 0.313 e. The Balaban J connectivity index is 2.02. The maximum atomic E-state index is 10.8. The van der Waals surface area contributed by atoms with Crippen LogP contribution in [-0.4, -0.2) is 26.4 Å². The smallest absolute Gasteiger partial charge is 0.313 e. The number of rotatable bonds is 4. The molecule has 0 fully saturated rings. The zero-order valence-corrected chi connectivity index (χ0v) is 12.8. The van der Waals surface area contributed by atoms with Crippen LogP contribution in [0.3, 0.4) is 0 Å². The predicted molar refractivity (Wildman–Crippen MR) is 83.3 cm³/mol. The number of carbonyl (C=O) groups is 1. The standard InChI is InChI=1S/C16H18N2O2S/c1-11-9-18(16(17-11)21-10-15(19)20)14-8-4-6-12-5-2-3-7-13(12)14/h4,6,8-9H,2-3,5,7,10H2,1H3,(H,19,20). The second kappa shape index (κ2) is 5.93. The first kappa shape index (κ1) is 14.2. The number of carboxylic acid groups (broad SMARTS) is 1. The molecule has 0 amide bonds. The Hall–Kier alpha value is -1.75. The van der Waals surface area contributed by atoms with Gasteiger partial charge in [-0.2, -0.15) is 0 Å². The second-order valence-corrected chi connectivity index (χ2v) is 6.28. The van der Waals surface area contributed by atoms with E-state index in [-0.39, 0.29) is 5.75 Å². The van der Waals surface area contributed by atoms with E-state index < -0.39 is 5.97 Å². The lowest BCUT2D eigenvalue weighted by Gasteiger charge is -2.20. The summed E-state index contributed by atoms with van der Waals surface area (Å²) < 4.78 is 2.05. The van der Waals surface area contributed by atoms with Crippen molar-refractivity contribution in [2.45, 2.75) is 37.8 Å². The normalized spacial score (nSPS) is 14.0. The van der Waals surface area contributed by atoms with Crippen molar-refractivity contribution in [3.05, 3.63) is 41.2 Å². The molecule has 0 saturated heterocycles. The van der Waals surface area contributed by atoms with E-state index in [1.807, 2.05) is 17.7 Å². The molecule has 1 heterocycles.